The number of carbonyl (C=O) groups excluding carboxylic acids is 1. The first-order valence-electron chi connectivity index (χ1n) is 5.61. The van der Waals surface area contributed by atoms with Gasteiger partial charge in [0.05, 0.1) is 18.2 Å². The molecule has 1 aromatic rings. The van der Waals surface area contributed by atoms with E-state index in [9.17, 15) is 4.79 Å². The quantitative estimate of drug-likeness (QED) is 0.843. The van der Waals surface area contributed by atoms with Gasteiger partial charge < -0.3 is 15.8 Å². The van der Waals surface area contributed by atoms with Crippen LogP contribution < -0.4 is 11.1 Å². The maximum absolute atomic E-state index is 11.8. The lowest BCUT2D eigenvalue weighted by Crippen LogP contribution is -2.19. The maximum atomic E-state index is 11.8. The van der Waals surface area contributed by atoms with E-state index in [2.05, 4.69) is 21.2 Å². The van der Waals surface area contributed by atoms with Gasteiger partial charge in [0.1, 0.15) is 0 Å². The third kappa shape index (κ3) is 3.44. The number of benzene rings is 1. The van der Waals surface area contributed by atoms with Gasteiger partial charge in [-0.05, 0) is 47.0 Å². The van der Waals surface area contributed by atoms with Crippen LogP contribution in [0.15, 0.2) is 22.7 Å². The lowest BCUT2D eigenvalue weighted by atomic mass is 10.1. The van der Waals surface area contributed by atoms with Gasteiger partial charge in [0, 0.05) is 16.8 Å². The summed E-state index contributed by atoms with van der Waals surface area (Å²) >= 11 is 3.36. The number of amides is 1. The van der Waals surface area contributed by atoms with Gasteiger partial charge >= 0.3 is 0 Å². The number of hydrogen-bond donors (Lipinski definition) is 2. The molecule has 0 aromatic heterocycles. The lowest BCUT2D eigenvalue weighted by molar-refractivity contribution is -0.118. The normalized spacial score (nSPS) is 19.2. The molecule has 1 saturated heterocycles. The van der Waals surface area contributed by atoms with E-state index in [-0.39, 0.29) is 12.0 Å². The molecule has 5 heteroatoms. The monoisotopic (exact) mass is 298 g/mol. The van der Waals surface area contributed by atoms with Crippen LogP contribution in [0.25, 0.3) is 0 Å². The van der Waals surface area contributed by atoms with Crippen molar-refractivity contribution in [2.45, 2.75) is 25.4 Å². The molecule has 1 amide bonds. The summed E-state index contributed by atoms with van der Waals surface area (Å²) in [5, 5.41) is 2.84. The number of hydrogen-bond acceptors (Lipinski definition) is 3. The molecule has 3 N–H and O–H groups in total. The van der Waals surface area contributed by atoms with Crippen molar-refractivity contribution in [2.75, 3.05) is 17.7 Å². The first kappa shape index (κ1) is 12.4. The van der Waals surface area contributed by atoms with E-state index in [1.807, 2.05) is 0 Å². The average Bonchev–Trinajstić information content (AvgIpc) is 2.75. The number of rotatable bonds is 3. The number of carbonyl (C=O) groups is 1. The molecule has 2 rings (SSSR count). The molecule has 0 aliphatic carbocycles. The van der Waals surface area contributed by atoms with Crippen molar-refractivity contribution in [1.29, 1.82) is 0 Å². The summed E-state index contributed by atoms with van der Waals surface area (Å²) in [7, 11) is 0. The predicted octanol–water partition coefficient (Wildman–Crippen LogP) is 2.54. The van der Waals surface area contributed by atoms with Gasteiger partial charge in [-0.2, -0.15) is 0 Å². The Kier molecular flexibility index (Phi) is 4.02. The van der Waals surface area contributed by atoms with Gasteiger partial charge in [-0.25, -0.2) is 0 Å². The Labute approximate surface area is 109 Å². The molecule has 1 atom stereocenters. The fourth-order valence-electron chi connectivity index (χ4n) is 1.85. The van der Waals surface area contributed by atoms with Gasteiger partial charge in [0.2, 0.25) is 5.91 Å². The Balaban J connectivity index is 1.93. The summed E-state index contributed by atoms with van der Waals surface area (Å²) in [6, 6.07) is 5.31. The molecule has 0 radical (unpaired) electrons. The molecule has 1 unspecified atom stereocenters. The zero-order valence-electron chi connectivity index (χ0n) is 9.41. The van der Waals surface area contributed by atoms with Gasteiger partial charge in [-0.1, -0.05) is 0 Å². The van der Waals surface area contributed by atoms with Crippen molar-refractivity contribution < 1.29 is 9.53 Å². The smallest absolute Gasteiger partial charge is 0.227 e. The number of nitrogens with one attached hydrogen (secondary N) is 1. The first-order chi connectivity index (χ1) is 8.15. The summed E-state index contributed by atoms with van der Waals surface area (Å²) in [5.74, 6) is -0.0256. The summed E-state index contributed by atoms with van der Waals surface area (Å²) < 4.78 is 6.21. The van der Waals surface area contributed by atoms with E-state index >= 15 is 0 Å². The zero-order chi connectivity index (χ0) is 12.3. The molecule has 0 saturated carbocycles. The molecule has 1 aromatic carbocycles. The molecule has 92 valence electrons. The maximum Gasteiger partial charge on any atom is 0.227 e. The fraction of sp³-hybridized carbons (Fsp3) is 0.417. The highest BCUT2D eigenvalue weighted by atomic mass is 79.9. The van der Waals surface area contributed by atoms with E-state index in [0.29, 0.717) is 12.1 Å². The zero-order valence-corrected chi connectivity index (χ0v) is 11.0. The minimum absolute atomic E-state index is 0.0256. The molecule has 0 spiro atoms. The number of ether oxygens (including phenoxy) is 1. The van der Waals surface area contributed by atoms with E-state index in [4.69, 9.17) is 10.5 Å². The van der Waals surface area contributed by atoms with Crippen LogP contribution in [0.2, 0.25) is 0 Å². The molecule has 1 aliphatic rings. The van der Waals surface area contributed by atoms with Crippen LogP contribution in [0.1, 0.15) is 19.3 Å². The number of nitrogens with two attached hydrogens (primary N) is 1. The van der Waals surface area contributed by atoms with Crippen molar-refractivity contribution in [3.05, 3.63) is 22.7 Å². The Morgan fingerprint density at radius 1 is 1.59 bits per heavy atom. The van der Waals surface area contributed by atoms with Crippen LogP contribution in [0, 0.1) is 0 Å². The Bertz CT molecular complexity index is 417. The first-order valence-corrected chi connectivity index (χ1v) is 6.41. The summed E-state index contributed by atoms with van der Waals surface area (Å²) in [6.45, 7) is 0.767. The van der Waals surface area contributed by atoms with Crippen LogP contribution in [0.5, 0.6) is 0 Å². The molecule has 1 fully saturated rings. The van der Waals surface area contributed by atoms with Crippen molar-refractivity contribution in [3.8, 4) is 0 Å². The molecular weight excluding hydrogens is 284 g/mol. The topological polar surface area (TPSA) is 64.3 Å². The van der Waals surface area contributed by atoms with E-state index in [1.165, 1.54) is 0 Å². The van der Waals surface area contributed by atoms with Crippen molar-refractivity contribution >= 4 is 33.2 Å². The second-order valence-corrected chi connectivity index (χ2v) is 4.98. The Morgan fingerprint density at radius 3 is 3.06 bits per heavy atom. The summed E-state index contributed by atoms with van der Waals surface area (Å²) in [5.41, 5.74) is 7.03. The molecule has 1 heterocycles. The van der Waals surface area contributed by atoms with E-state index in [1.54, 1.807) is 18.2 Å². The van der Waals surface area contributed by atoms with Gasteiger partial charge in [-0.15, -0.1) is 0 Å². The largest absolute Gasteiger partial charge is 0.399 e. The van der Waals surface area contributed by atoms with Gasteiger partial charge in [-0.3, -0.25) is 4.79 Å². The molecular formula is C12H15BrN2O2. The third-order valence-corrected chi connectivity index (χ3v) is 3.36. The highest BCUT2D eigenvalue weighted by molar-refractivity contribution is 9.10. The second kappa shape index (κ2) is 5.51. The molecule has 17 heavy (non-hydrogen) atoms. The highest BCUT2D eigenvalue weighted by Crippen LogP contribution is 2.25. The summed E-state index contributed by atoms with van der Waals surface area (Å²) in [4.78, 5) is 11.8. The van der Waals surface area contributed by atoms with Crippen molar-refractivity contribution in [2.24, 2.45) is 0 Å². The Morgan fingerprint density at radius 2 is 2.41 bits per heavy atom. The number of nitrogen functional groups attached to an aromatic ring is 1. The van der Waals surface area contributed by atoms with Crippen LogP contribution in [0.3, 0.4) is 0 Å². The second-order valence-electron chi connectivity index (χ2n) is 4.13. The SMILES string of the molecule is Nc1ccc(NC(=O)CC2CCCO2)c(Br)c1. The van der Waals surface area contributed by atoms with E-state index < -0.39 is 0 Å². The van der Waals surface area contributed by atoms with Crippen molar-refractivity contribution in [3.63, 3.8) is 0 Å². The Hall–Kier alpha value is -1.07. The fourth-order valence-corrected chi connectivity index (χ4v) is 2.34. The molecule has 1 aliphatic heterocycles. The van der Waals surface area contributed by atoms with E-state index in [0.717, 1.165) is 29.6 Å². The van der Waals surface area contributed by atoms with Gasteiger partial charge in [0.15, 0.2) is 0 Å². The third-order valence-electron chi connectivity index (χ3n) is 2.70. The van der Waals surface area contributed by atoms with Gasteiger partial charge in [0.25, 0.3) is 0 Å². The molecule has 0 bridgehead atoms. The average molecular weight is 299 g/mol. The number of halogens is 1. The van der Waals surface area contributed by atoms with Crippen LogP contribution in [-0.2, 0) is 9.53 Å². The van der Waals surface area contributed by atoms with Crippen LogP contribution in [-0.4, -0.2) is 18.6 Å². The minimum atomic E-state index is -0.0256. The molecule has 4 nitrogen and oxygen atoms in total. The lowest BCUT2D eigenvalue weighted by Gasteiger charge is -2.11. The standard InChI is InChI=1S/C12H15BrN2O2/c13-10-6-8(14)3-4-11(10)15-12(16)7-9-2-1-5-17-9/h3-4,6,9H,1-2,5,7,14H2,(H,15,16). The summed E-state index contributed by atoms with van der Waals surface area (Å²) in [6.07, 6.45) is 2.50. The van der Waals surface area contributed by atoms with Crippen LogP contribution in [0.4, 0.5) is 11.4 Å². The van der Waals surface area contributed by atoms with Crippen molar-refractivity contribution in [1.82, 2.24) is 0 Å². The van der Waals surface area contributed by atoms with Crippen LogP contribution >= 0.6 is 15.9 Å². The minimum Gasteiger partial charge on any atom is -0.399 e. The highest BCUT2D eigenvalue weighted by Gasteiger charge is 2.19. The number of anilines is 2. The predicted molar refractivity (Wildman–Crippen MR) is 70.8 cm³/mol.